The van der Waals surface area contributed by atoms with E-state index in [1.54, 1.807) is 0 Å². The van der Waals surface area contributed by atoms with Crippen molar-refractivity contribution in [3.8, 4) is 84.9 Å². The normalized spacial score (nSPS) is 11.4. The van der Waals surface area contributed by atoms with Crippen molar-refractivity contribution >= 4 is 32.8 Å². The summed E-state index contributed by atoms with van der Waals surface area (Å²) in [6.07, 6.45) is 3.63. The monoisotopic (exact) mass is 832 g/mol. The van der Waals surface area contributed by atoms with Crippen molar-refractivity contribution in [1.29, 1.82) is 0 Å². The van der Waals surface area contributed by atoms with Crippen LogP contribution in [0.3, 0.4) is 0 Å². The zero-order valence-corrected chi connectivity index (χ0v) is 34.9. The standard InChI is InChI=1S/C57H36N8/c1-4-16-37(17-5-1)48-35-50(62-55(60-48)45-26-12-20-39-22-14-30-58-53(39)45)41-32-42(34-43(33-41)57-64-47-28-10-11-29-52(47)65(57)44-24-8-3-9-25-44)51-36-49(38-18-6-2-7-19-38)61-56(63-51)46-27-13-21-40-23-15-31-59-54(40)46/h1-36H. The molecule has 65 heavy (non-hydrogen) atoms. The fraction of sp³-hybridized carbons (Fsp3) is 0. The van der Waals surface area contributed by atoms with Gasteiger partial charge in [-0.1, -0.05) is 127 Å². The van der Waals surface area contributed by atoms with Crippen LogP contribution >= 0.6 is 0 Å². The first-order valence-corrected chi connectivity index (χ1v) is 21.5. The number of pyridine rings is 2. The first-order chi connectivity index (χ1) is 32.2. The van der Waals surface area contributed by atoms with Gasteiger partial charge in [-0.2, -0.15) is 0 Å². The van der Waals surface area contributed by atoms with Crippen molar-refractivity contribution in [2.75, 3.05) is 0 Å². The number of hydrogen-bond acceptors (Lipinski definition) is 7. The van der Waals surface area contributed by atoms with E-state index >= 15 is 0 Å². The van der Waals surface area contributed by atoms with Gasteiger partial charge < -0.3 is 0 Å². The Morgan fingerprint density at radius 1 is 0.323 bits per heavy atom. The Morgan fingerprint density at radius 2 is 0.769 bits per heavy atom. The molecule has 5 heterocycles. The van der Waals surface area contributed by atoms with Gasteiger partial charge in [-0.25, -0.2) is 24.9 Å². The van der Waals surface area contributed by atoms with Gasteiger partial charge in [-0.05, 0) is 78.9 Å². The molecule has 0 N–H and O–H groups in total. The molecule has 0 bridgehead atoms. The summed E-state index contributed by atoms with van der Waals surface area (Å²) in [7, 11) is 0. The largest absolute Gasteiger partial charge is 0.292 e. The summed E-state index contributed by atoms with van der Waals surface area (Å²) in [6.45, 7) is 0. The molecule has 8 nitrogen and oxygen atoms in total. The van der Waals surface area contributed by atoms with E-state index in [2.05, 4.69) is 126 Å². The van der Waals surface area contributed by atoms with Crippen LogP contribution in [-0.4, -0.2) is 39.5 Å². The molecule has 0 atom stereocenters. The average Bonchev–Trinajstić information content (AvgIpc) is 3.79. The fourth-order valence-electron chi connectivity index (χ4n) is 8.62. The van der Waals surface area contributed by atoms with Crippen LogP contribution in [0, 0.1) is 0 Å². The molecule has 0 radical (unpaired) electrons. The Kier molecular flexibility index (Phi) is 9.31. The minimum atomic E-state index is 0.577. The summed E-state index contributed by atoms with van der Waals surface area (Å²) >= 11 is 0. The lowest BCUT2D eigenvalue weighted by Crippen LogP contribution is -2.01. The van der Waals surface area contributed by atoms with Gasteiger partial charge in [-0.3, -0.25) is 14.5 Å². The molecule has 0 spiro atoms. The Balaban J connectivity index is 1.15. The molecule has 0 saturated carbocycles. The van der Waals surface area contributed by atoms with Crippen LogP contribution in [0.1, 0.15) is 0 Å². The van der Waals surface area contributed by atoms with Crippen molar-refractivity contribution in [2.24, 2.45) is 0 Å². The molecule has 0 unspecified atom stereocenters. The molecule has 12 rings (SSSR count). The number of imidazole rings is 1. The van der Waals surface area contributed by atoms with E-state index in [0.717, 1.165) is 106 Å². The average molecular weight is 833 g/mol. The van der Waals surface area contributed by atoms with Gasteiger partial charge >= 0.3 is 0 Å². The Labute approximate surface area is 374 Å². The van der Waals surface area contributed by atoms with E-state index in [9.17, 15) is 0 Å². The number of benzene rings is 7. The third-order valence-corrected chi connectivity index (χ3v) is 11.7. The molecule has 304 valence electrons. The zero-order chi connectivity index (χ0) is 43.1. The molecule has 7 aromatic carbocycles. The van der Waals surface area contributed by atoms with Crippen LogP contribution in [0.2, 0.25) is 0 Å². The Morgan fingerprint density at radius 3 is 1.31 bits per heavy atom. The van der Waals surface area contributed by atoms with Gasteiger partial charge in [0.1, 0.15) is 5.82 Å². The van der Waals surface area contributed by atoms with E-state index < -0.39 is 0 Å². The van der Waals surface area contributed by atoms with Gasteiger partial charge in [-0.15, -0.1) is 0 Å². The lowest BCUT2D eigenvalue weighted by Gasteiger charge is -2.15. The lowest BCUT2D eigenvalue weighted by atomic mass is 9.98. The molecule has 5 aromatic heterocycles. The maximum absolute atomic E-state index is 5.39. The van der Waals surface area contributed by atoms with Gasteiger partial charge in [0.15, 0.2) is 11.6 Å². The summed E-state index contributed by atoms with van der Waals surface area (Å²) in [5, 5.41) is 2.03. The summed E-state index contributed by atoms with van der Waals surface area (Å²) in [6, 6.07) is 70.1. The van der Waals surface area contributed by atoms with Crippen LogP contribution < -0.4 is 0 Å². The highest BCUT2D eigenvalue weighted by Gasteiger charge is 2.21. The third kappa shape index (κ3) is 7.05. The van der Waals surface area contributed by atoms with Gasteiger partial charge in [0.2, 0.25) is 0 Å². The summed E-state index contributed by atoms with van der Waals surface area (Å²) in [5.41, 5.74) is 13.9. The lowest BCUT2D eigenvalue weighted by molar-refractivity contribution is 1.10. The highest BCUT2D eigenvalue weighted by Crippen LogP contribution is 2.38. The topological polar surface area (TPSA) is 95.2 Å². The molecule has 0 fully saturated rings. The summed E-state index contributed by atoms with van der Waals surface area (Å²) in [5.74, 6) is 1.94. The van der Waals surface area contributed by atoms with E-state index in [-0.39, 0.29) is 0 Å². The molecule has 0 aliphatic rings. The number of nitrogens with zero attached hydrogens (tertiary/aromatic N) is 8. The van der Waals surface area contributed by atoms with Crippen molar-refractivity contribution in [3.63, 3.8) is 0 Å². The second-order valence-corrected chi connectivity index (χ2v) is 15.8. The fourth-order valence-corrected chi connectivity index (χ4v) is 8.62. The van der Waals surface area contributed by atoms with Gasteiger partial charge in [0.25, 0.3) is 0 Å². The van der Waals surface area contributed by atoms with Crippen LogP contribution in [0.4, 0.5) is 0 Å². The molecular formula is C57H36N8. The van der Waals surface area contributed by atoms with E-state index in [1.165, 1.54) is 0 Å². The molecule has 0 aliphatic heterocycles. The molecule has 0 amide bonds. The van der Waals surface area contributed by atoms with Crippen LogP contribution in [0.25, 0.3) is 118 Å². The van der Waals surface area contributed by atoms with E-state index in [1.807, 2.05) is 97.3 Å². The highest BCUT2D eigenvalue weighted by molar-refractivity contribution is 5.94. The number of hydrogen-bond donors (Lipinski definition) is 0. The van der Waals surface area contributed by atoms with Crippen molar-refractivity contribution in [2.45, 2.75) is 0 Å². The Hall–Kier alpha value is -9.01. The maximum atomic E-state index is 5.39. The van der Waals surface area contributed by atoms with Gasteiger partial charge in [0.05, 0.1) is 44.8 Å². The minimum absolute atomic E-state index is 0.577. The SMILES string of the molecule is c1ccc(-c2cc(-c3cc(-c4cc(-c5ccccc5)nc(-c5cccc6cccnc56)n4)cc(-c4nc5ccccc5n4-c4ccccc4)c3)nc(-c3cccc4cccnc34)n2)cc1. The molecule has 0 aliphatic carbocycles. The number of para-hydroxylation sites is 5. The van der Waals surface area contributed by atoms with Crippen molar-refractivity contribution in [3.05, 3.63) is 219 Å². The molecule has 12 aromatic rings. The molecule has 8 heteroatoms. The maximum Gasteiger partial charge on any atom is 0.162 e. The van der Waals surface area contributed by atoms with Gasteiger partial charge in [0, 0.05) is 67.8 Å². The minimum Gasteiger partial charge on any atom is -0.292 e. The third-order valence-electron chi connectivity index (χ3n) is 11.7. The van der Waals surface area contributed by atoms with E-state index in [0.29, 0.717) is 11.6 Å². The first-order valence-electron chi connectivity index (χ1n) is 21.5. The van der Waals surface area contributed by atoms with Crippen molar-refractivity contribution in [1.82, 2.24) is 39.5 Å². The summed E-state index contributed by atoms with van der Waals surface area (Å²) in [4.78, 5) is 36.2. The zero-order valence-electron chi connectivity index (χ0n) is 34.9. The highest BCUT2D eigenvalue weighted by atomic mass is 15.1. The van der Waals surface area contributed by atoms with Crippen LogP contribution in [-0.2, 0) is 0 Å². The molecular weight excluding hydrogens is 797 g/mol. The number of aromatic nitrogens is 8. The summed E-state index contributed by atoms with van der Waals surface area (Å²) < 4.78 is 2.23. The predicted molar refractivity (Wildman–Crippen MR) is 261 cm³/mol. The van der Waals surface area contributed by atoms with Crippen LogP contribution in [0.5, 0.6) is 0 Å². The second-order valence-electron chi connectivity index (χ2n) is 15.8. The molecule has 0 saturated heterocycles. The number of rotatable bonds is 8. The Bertz CT molecular complexity index is 3520. The number of fused-ring (bicyclic) bond motifs is 3. The van der Waals surface area contributed by atoms with Crippen molar-refractivity contribution < 1.29 is 0 Å². The second kappa shape index (κ2) is 16.0. The quantitative estimate of drug-likeness (QED) is 0.150. The predicted octanol–water partition coefficient (Wildman–Crippen LogP) is 13.4. The van der Waals surface area contributed by atoms with Crippen LogP contribution in [0.15, 0.2) is 219 Å². The first kappa shape index (κ1) is 37.7. The smallest absolute Gasteiger partial charge is 0.162 e. The van der Waals surface area contributed by atoms with E-state index in [4.69, 9.17) is 34.9 Å².